The fraction of sp³-hybridized carbons (Fsp3) is 0.176. The molecule has 0 aliphatic heterocycles. The zero-order valence-corrected chi connectivity index (χ0v) is 14.8. The zero-order chi connectivity index (χ0) is 17.5. The summed E-state index contributed by atoms with van der Waals surface area (Å²) in [5, 5.41) is 5.94. The zero-order valence-electron chi connectivity index (χ0n) is 12.5. The topological polar surface area (TPSA) is 60.2 Å². The lowest BCUT2D eigenvalue weighted by molar-refractivity contribution is 0.568. The van der Waals surface area contributed by atoms with E-state index in [1.165, 1.54) is 12.1 Å². The summed E-state index contributed by atoms with van der Waals surface area (Å²) in [7, 11) is -4.07. The van der Waals surface area contributed by atoms with Crippen molar-refractivity contribution >= 4 is 44.4 Å². The predicted octanol–water partition coefficient (Wildman–Crippen LogP) is 4.87. The average Bonchev–Trinajstić information content (AvgIpc) is 2.98. The van der Waals surface area contributed by atoms with Crippen molar-refractivity contribution in [1.82, 2.24) is 0 Å². The van der Waals surface area contributed by atoms with Crippen molar-refractivity contribution in [3.8, 4) is 0 Å². The van der Waals surface area contributed by atoms with Gasteiger partial charge in [0, 0.05) is 0 Å². The van der Waals surface area contributed by atoms with E-state index >= 15 is 0 Å². The van der Waals surface area contributed by atoms with Crippen molar-refractivity contribution in [3.05, 3.63) is 63.4 Å². The molecule has 0 saturated heterocycles. The van der Waals surface area contributed by atoms with Crippen LogP contribution in [-0.4, -0.2) is 8.42 Å². The molecule has 1 aliphatic carbocycles. The summed E-state index contributed by atoms with van der Waals surface area (Å²) >= 11 is 12.0. The average molecular weight is 386 g/mol. The highest BCUT2D eigenvalue weighted by Gasteiger charge is 2.21. The molecule has 0 aromatic heterocycles. The van der Waals surface area contributed by atoms with Crippen molar-refractivity contribution in [2.24, 2.45) is 5.14 Å². The highest BCUT2D eigenvalue weighted by molar-refractivity contribution is 7.89. The van der Waals surface area contributed by atoms with Crippen molar-refractivity contribution in [1.29, 1.82) is 0 Å². The van der Waals surface area contributed by atoms with Crippen LogP contribution in [0.2, 0.25) is 10.0 Å². The molecular formula is C17H14Cl2FNO2S. The summed E-state index contributed by atoms with van der Waals surface area (Å²) in [5.41, 5.74) is 3.64. The van der Waals surface area contributed by atoms with E-state index in [0.717, 1.165) is 36.0 Å². The highest BCUT2D eigenvalue weighted by Crippen LogP contribution is 2.41. The van der Waals surface area contributed by atoms with Crippen molar-refractivity contribution in [2.75, 3.05) is 0 Å². The quantitative estimate of drug-likeness (QED) is 0.818. The van der Waals surface area contributed by atoms with E-state index in [2.05, 4.69) is 0 Å². The molecule has 1 aliphatic rings. The third kappa shape index (κ3) is 3.35. The van der Waals surface area contributed by atoms with Gasteiger partial charge in [0.1, 0.15) is 10.7 Å². The Bertz CT molecular complexity index is 955. The summed E-state index contributed by atoms with van der Waals surface area (Å²) < 4.78 is 36.8. The maximum Gasteiger partial charge on any atom is 0.240 e. The van der Waals surface area contributed by atoms with Gasteiger partial charge in [0.25, 0.3) is 0 Å². The number of benzene rings is 2. The van der Waals surface area contributed by atoms with E-state index in [1.807, 2.05) is 6.07 Å². The van der Waals surface area contributed by atoms with Gasteiger partial charge in [0.05, 0.1) is 10.0 Å². The van der Waals surface area contributed by atoms with Crippen molar-refractivity contribution in [3.63, 3.8) is 0 Å². The second-order valence-electron chi connectivity index (χ2n) is 5.63. The maximum absolute atomic E-state index is 14.1. The largest absolute Gasteiger partial charge is 0.240 e. The van der Waals surface area contributed by atoms with Crippen LogP contribution >= 0.6 is 23.2 Å². The van der Waals surface area contributed by atoms with Gasteiger partial charge in [-0.2, -0.15) is 0 Å². The second kappa shape index (κ2) is 6.48. The molecule has 126 valence electrons. The van der Waals surface area contributed by atoms with Crippen molar-refractivity contribution in [2.45, 2.75) is 24.2 Å². The number of allylic oxidation sites excluding steroid dienone is 2. The number of primary sulfonamides is 1. The molecule has 0 spiro atoms. The molecular weight excluding hydrogens is 372 g/mol. The molecule has 2 N–H and O–H groups in total. The molecule has 0 saturated carbocycles. The molecule has 0 bridgehead atoms. The molecule has 0 unspecified atom stereocenters. The Kier molecular flexibility index (Phi) is 4.71. The molecule has 2 aromatic carbocycles. The van der Waals surface area contributed by atoms with Gasteiger partial charge in [-0.15, -0.1) is 0 Å². The van der Waals surface area contributed by atoms with E-state index < -0.39 is 20.7 Å². The van der Waals surface area contributed by atoms with Crippen LogP contribution in [0.1, 0.15) is 30.4 Å². The Morgan fingerprint density at radius 3 is 2.04 bits per heavy atom. The molecule has 0 heterocycles. The van der Waals surface area contributed by atoms with Crippen LogP contribution in [0.3, 0.4) is 0 Å². The lowest BCUT2D eigenvalue weighted by Crippen LogP contribution is -2.14. The van der Waals surface area contributed by atoms with Crippen LogP contribution in [0.25, 0.3) is 11.1 Å². The first-order valence-corrected chi connectivity index (χ1v) is 9.58. The van der Waals surface area contributed by atoms with Crippen LogP contribution in [0.15, 0.2) is 41.3 Å². The number of sulfonamides is 1. The van der Waals surface area contributed by atoms with E-state index in [1.54, 1.807) is 18.2 Å². The van der Waals surface area contributed by atoms with Crippen LogP contribution in [-0.2, 0) is 10.0 Å². The molecule has 7 heteroatoms. The van der Waals surface area contributed by atoms with E-state index in [-0.39, 0.29) is 0 Å². The molecule has 0 fully saturated rings. The normalized spacial score (nSPS) is 15.2. The summed E-state index contributed by atoms with van der Waals surface area (Å²) in [4.78, 5) is -0.499. The van der Waals surface area contributed by atoms with E-state index in [9.17, 15) is 12.8 Å². The van der Waals surface area contributed by atoms with Gasteiger partial charge in [0.2, 0.25) is 10.0 Å². The van der Waals surface area contributed by atoms with Gasteiger partial charge in [-0.1, -0.05) is 35.3 Å². The Morgan fingerprint density at radius 1 is 0.917 bits per heavy atom. The Hall–Kier alpha value is -1.40. The molecule has 0 amide bonds. The van der Waals surface area contributed by atoms with Gasteiger partial charge in [-0.25, -0.2) is 17.9 Å². The smallest absolute Gasteiger partial charge is 0.225 e. The minimum absolute atomic E-state index is 0.462. The predicted molar refractivity (Wildman–Crippen MR) is 94.9 cm³/mol. The SMILES string of the molecule is NS(=O)(=O)c1ccc(C2=C(c3ccc(Cl)c(Cl)c3)CCC2)cc1F. The monoisotopic (exact) mass is 385 g/mol. The number of rotatable bonds is 3. The third-order valence-electron chi connectivity index (χ3n) is 4.07. The first-order chi connectivity index (χ1) is 11.3. The number of halogens is 3. The fourth-order valence-corrected chi connectivity index (χ4v) is 3.87. The standard InChI is InChI=1S/C17H14Cl2FNO2S/c18-14-6-4-10(8-15(14)19)12-2-1-3-13(12)11-5-7-17(16(20)9-11)24(21,22)23/h4-9H,1-3H2,(H2,21,22,23). The molecule has 3 rings (SSSR count). The summed E-state index contributed by atoms with van der Waals surface area (Å²) in [5.74, 6) is -0.845. The fourth-order valence-electron chi connectivity index (χ4n) is 2.98. The van der Waals surface area contributed by atoms with Gasteiger partial charge in [-0.05, 0) is 65.8 Å². The van der Waals surface area contributed by atoms with Gasteiger partial charge >= 0.3 is 0 Å². The second-order valence-corrected chi connectivity index (χ2v) is 7.97. The minimum atomic E-state index is -4.07. The Morgan fingerprint density at radius 2 is 1.50 bits per heavy atom. The summed E-state index contributed by atoms with van der Waals surface area (Å²) in [6.45, 7) is 0. The number of nitrogens with two attached hydrogens (primary N) is 1. The third-order valence-corrected chi connectivity index (χ3v) is 5.76. The molecule has 0 atom stereocenters. The van der Waals surface area contributed by atoms with E-state index in [0.29, 0.717) is 15.6 Å². The number of hydrogen-bond acceptors (Lipinski definition) is 2. The molecule has 2 aromatic rings. The lowest BCUT2D eigenvalue weighted by Gasteiger charge is -2.11. The minimum Gasteiger partial charge on any atom is -0.225 e. The maximum atomic E-state index is 14.1. The first kappa shape index (κ1) is 17.4. The highest BCUT2D eigenvalue weighted by atomic mass is 35.5. The first-order valence-electron chi connectivity index (χ1n) is 7.27. The van der Waals surface area contributed by atoms with Crippen LogP contribution in [0, 0.1) is 5.82 Å². The van der Waals surface area contributed by atoms with Crippen molar-refractivity contribution < 1.29 is 12.8 Å². The Balaban J connectivity index is 2.09. The lowest BCUT2D eigenvalue weighted by atomic mass is 9.97. The van der Waals surface area contributed by atoms with Crippen LogP contribution < -0.4 is 5.14 Å². The summed E-state index contributed by atoms with van der Waals surface area (Å²) in [6, 6.07) is 9.41. The van der Waals surface area contributed by atoms with Crippen LogP contribution in [0.5, 0.6) is 0 Å². The van der Waals surface area contributed by atoms with E-state index in [4.69, 9.17) is 28.3 Å². The van der Waals surface area contributed by atoms with Crippen LogP contribution in [0.4, 0.5) is 4.39 Å². The van der Waals surface area contributed by atoms with Gasteiger partial charge < -0.3 is 0 Å². The van der Waals surface area contributed by atoms with Gasteiger partial charge in [0.15, 0.2) is 0 Å². The number of hydrogen-bond donors (Lipinski definition) is 1. The molecule has 0 radical (unpaired) electrons. The Labute approximate surface area is 149 Å². The molecule has 3 nitrogen and oxygen atoms in total. The van der Waals surface area contributed by atoms with Gasteiger partial charge in [-0.3, -0.25) is 0 Å². The molecule has 24 heavy (non-hydrogen) atoms. The summed E-state index contributed by atoms with van der Waals surface area (Å²) in [6.07, 6.45) is 2.55.